The SMILES string of the molecule is CN(C)C(CNS(=O)(=O)c1ccccc1)c1ccsc1. The van der Waals surface area contributed by atoms with Gasteiger partial charge in [0.15, 0.2) is 0 Å². The molecule has 1 unspecified atom stereocenters. The number of sulfonamides is 1. The van der Waals surface area contributed by atoms with E-state index < -0.39 is 10.0 Å². The van der Waals surface area contributed by atoms with E-state index in [1.807, 2.05) is 35.8 Å². The van der Waals surface area contributed by atoms with E-state index in [-0.39, 0.29) is 6.04 Å². The molecule has 0 bridgehead atoms. The number of benzene rings is 1. The van der Waals surface area contributed by atoms with Gasteiger partial charge in [-0.05, 0) is 48.6 Å². The molecule has 6 heteroatoms. The van der Waals surface area contributed by atoms with Crippen molar-refractivity contribution in [1.82, 2.24) is 9.62 Å². The van der Waals surface area contributed by atoms with Gasteiger partial charge in [-0.3, -0.25) is 0 Å². The van der Waals surface area contributed by atoms with Crippen molar-refractivity contribution in [2.24, 2.45) is 0 Å². The first-order chi connectivity index (χ1) is 9.50. The van der Waals surface area contributed by atoms with Gasteiger partial charge in [-0.2, -0.15) is 11.3 Å². The molecule has 1 N–H and O–H groups in total. The van der Waals surface area contributed by atoms with Crippen LogP contribution in [-0.4, -0.2) is 34.0 Å². The number of hydrogen-bond acceptors (Lipinski definition) is 4. The van der Waals surface area contributed by atoms with Crippen LogP contribution in [0.4, 0.5) is 0 Å². The number of nitrogens with one attached hydrogen (secondary N) is 1. The maximum atomic E-state index is 12.2. The van der Waals surface area contributed by atoms with Gasteiger partial charge in [0.1, 0.15) is 0 Å². The van der Waals surface area contributed by atoms with Crippen LogP contribution in [-0.2, 0) is 10.0 Å². The van der Waals surface area contributed by atoms with Crippen molar-refractivity contribution < 1.29 is 8.42 Å². The van der Waals surface area contributed by atoms with Crippen LogP contribution in [0.2, 0.25) is 0 Å². The molecule has 0 spiro atoms. The molecular formula is C14H18N2O2S2. The van der Waals surface area contributed by atoms with Crippen molar-refractivity contribution in [3.63, 3.8) is 0 Å². The van der Waals surface area contributed by atoms with Gasteiger partial charge < -0.3 is 4.90 Å². The van der Waals surface area contributed by atoms with Crippen LogP contribution in [0.1, 0.15) is 11.6 Å². The largest absolute Gasteiger partial charge is 0.301 e. The summed E-state index contributed by atoms with van der Waals surface area (Å²) in [5.41, 5.74) is 1.12. The zero-order chi connectivity index (χ0) is 14.6. The molecule has 4 nitrogen and oxygen atoms in total. The maximum absolute atomic E-state index is 12.2. The third-order valence-corrected chi connectivity index (χ3v) is 5.21. The molecule has 0 aliphatic heterocycles. The van der Waals surface area contributed by atoms with E-state index in [1.165, 1.54) is 0 Å². The Morgan fingerprint density at radius 3 is 2.45 bits per heavy atom. The fraction of sp³-hybridized carbons (Fsp3) is 0.286. The van der Waals surface area contributed by atoms with Gasteiger partial charge in [0.25, 0.3) is 0 Å². The minimum atomic E-state index is -3.45. The molecular weight excluding hydrogens is 292 g/mol. The van der Waals surface area contributed by atoms with Gasteiger partial charge >= 0.3 is 0 Å². The number of hydrogen-bond donors (Lipinski definition) is 1. The van der Waals surface area contributed by atoms with Gasteiger partial charge in [-0.15, -0.1) is 0 Å². The summed E-state index contributed by atoms with van der Waals surface area (Å²) in [6.07, 6.45) is 0. The fourth-order valence-electron chi connectivity index (χ4n) is 1.93. The lowest BCUT2D eigenvalue weighted by Gasteiger charge is -2.23. The van der Waals surface area contributed by atoms with Crippen LogP contribution in [0.3, 0.4) is 0 Å². The Hall–Kier alpha value is -1.21. The molecule has 1 aromatic carbocycles. The summed E-state index contributed by atoms with van der Waals surface area (Å²) in [5.74, 6) is 0. The van der Waals surface area contributed by atoms with Crippen LogP contribution >= 0.6 is 11.3 Å². The first-order valence-corrected chi connectivity index (χ1v) is 8.66. The van der Waals surface area contributed by atoms with Crippen molar-refractivity contribution in [2.45, 2.75) is 10.9 Å². The Morgan fingerprint density at radius 1 is 1.20 bits per heavy atom. The quantitative estimate of drug-likeness (QED) is 0.891. The lowest BCUT2D eigenvalue weighted by atomic mass is 10.1. The smallest absolute Gasteiger partial charge is 0.240 e. The molecule has 0 fully saturated rings. The Morgan fingerprint density at radius 2 is 1.90 bits per heavy atom. The topological polar surface area (TPSA) is 49.4 Å². The summed E-state index contributed by atoms with van der Waals surface area (Å²) in [5, 5.41) is 4.04. The minimum absolute atomic E-state index is 0.0275. The van der Waals surface area contributed by atoms with Gasteiger partial charge in [-0.1, -0.05) is 18.2 Å². The molecule has 1 aromatic heterocycles. The van der Waals surface area contributed by atoms with Crippen LogP contribution < -0.4 is 4.72 Å². The molecule has 1 atom stereocenters. The van der Waals surface area contributed by atoms with Gasteiger partial charge in [0.2, 0.25) is 10.0 Å². The Bertz CT molecular complexity index is 622. The van der Waals surface area contributed by atoms with Crippen molar-refractivity contribution in [3.05, 3.63) is 52.7 Å². The summed E-state index contributed by atoms with van der Waals surface area (Å²) >= 11 is 1.61. The van der Waals surface area contributed by atoms with E-state index in [0.29, 0.717) is 11.4 Å². The summed E-state index contributed by atoms with van der Waals surface area (Å²) < 4.78 is 27.1. The van der Waals surface area contributed by atoms with E-state index in [9.17, 15) is 8.42 Å². The fourth-order valence-corrected chi connectivity index (χ4v) is 3.70. The lowest BCUT2D eigenvalue weighted by molar-refractivity contribution is 0.300. The molecule has 0 aliphatic rings. The molecule has 0 saturated carbocycles. The van der Waals surface area contributed by atoms with Crippen molar-refractivity contribution in [2.75, 3.05) is 20.6 Å². The Balaban J connectivity index is 2.10. The monoisotopic (exact) mass is 310 g/mol. The van der Waals surface area contributed by atoms with E-state index >= 15 is 0 Å². The second kappa shape index (κ2) is 6.49. The highest BCUT2D eigenvalue weighted by molar-refractivity contribution is 7.89. The minimum Gasteiger partial charge on any atom is -0.301 e. The number of nitrogens with zero attached hydrogens (tertiary/aromatic N) is 1. The number of rotatable bonds is 6. The highest BCUT2D eigenvalue weighted by Crippen LogP contribution is 2.20. The molecule has 2 rings (SSSR count). The first kappa shape index (κ1) is 15.2. The van der Waals surface area contributed by atoms with Crippen LogP contribution in [0, 0.1) is 0 Å². The van der Waals surface area contributed by atoms with Gasteiger partial charge in [-0.25, -0.2) is 13.1 Å². The van der Waals surface area contributed by atoms with Crippen LogP contribution in [0.15, 0.2) is 52.1 Å². The first-order valence-electron chi connectivity index (χ1n) is 6.24. The summed E-state index contributed by atoms with van der Waals surface area (Å²) in [6.45, 7) is 0.348. The highest BCUT2D eigenvalue weighted by Gasteiger charge is 2.19. The van der Waals surface area contributed by atoms with E-state index in [4.69, 9.17) is 0 Å². The van der Waals surface area contributed by atoms with Gasteiger partial charge in [0, 0.05) is 12.6 Å². The zero-order valence-electron chi connectivity index (χ0n) is 11.5. The van der Waals surface area contributed by atoms with Gasteiger partial charge in [0.05, 0.1) is 4.90 Å². The maximum Gasteiger partial charge on any atom is 0.240 e. The standard InChI is InChI=1S/C14H18N2O2S2/c1-16(2)14(12-8-9-19-11-12)10-15-20(17,18)13-6-4-3-5-7-13/h3-9,11,14-15H,10H2,1-2H3. The van der Waals surface area contributed by atoms with Crippen molar-refractivity contribution in [3.8, 4) is 0 Å². The third-order valence-electron chi connectivity index (χ3n) is 3.07. The summed E-state index contributed by atoms with van der Waals surface area (Å²) in [4.78, 5) is 2.30. The molecule has 0 radical (unpaired) electrons. The number of thiophene rings is 1. The average molecular weight is 310 g/mol. The average Bonchev–Trinajstić information content (AvgIpc) is 2.93. The normalized spacial score (nSPS) is 13.6. The van der Waals surface area contributed by atoms with E-state index in [0.717, 1.165) is 5.56 Å². The number of likely N-dealkylation sites (N-methyl/N-ethyl adjacent to an activating group) is 1. The molecule has 0 amide bonds. The van der Waals surface area contributed by atoms with Crippen LogP contribution in [0.5, 0.6) is 0 Å². The predicted octanol–water partition coefficient (Wildman–Crippen LogP) is 2.33. The van der Waals surface area contributed by atoms with Crippen molar-refractivity contribution >= 4 is 21.4 Å². The Kier molecular flexibility index (Phi) is 4.93. The molecule has 2 aromatic rings. The molecule has 20 heavy (non-hydrogen) atoms. The van der Waals surface area contributed by atoms with Crippen LogP contribution in [0.25, 0.3) is 0 Å². The molecule has 0 saturated heterocycles. The molecule has 108 valence electrons. The zero-order valence-corrected chi connectivity index (χ0v) is 13.1. The Labute approximate surface area is 124 Å². The molecule has 0 aliphatic carbocycles. The lowest BCUT2D eigenvalue weighted by Crippen LogP contribution is -2.34. The second-order valence-corrected chi connectivity index (χ2v) is 7.25. The highest BCUT2D eigenvalue weighted by atomic mass is 32.2. The summed E-state index contributed by atoms with van der Waals surface area (Å²) in [6, 6.07) is 10.5. The molecule has 1 heterocycles. The second-order valence-electron chi connectivity index (χ2n) is 4.70. The van der Waals surface area contributed by atoms with Crippen molar-refractivity contribution in [1.29, 1.82) is 0 Å². The van der Waals surface area contributed by atoms with E-state index in [1.54, 1.807) is 41.7 Å². The predicted molar refractivity (Wildman–Crippen MR) is 82.4 cm³/mol. The van der Waals surface area contributed by atoms with E-state index in [2.05, 4.69) is 4.72 Å². The summed E-state index contributed by atoms with van der Waals surface area (Å²) in [7, 11) is 0.434. The third kappa shape index (κ3) is 3.67.